The molecule has 0 amide bonds. The van der Waals surface area contributed by atoms with Gasteiger partial charge in [-0.05, 0) is 44.9 Å². The second kappa shape index (κ2) is 5.25. The van der Waals surface area contributed by atoms with Crippen molar-refractivity contribution in [2.24, 2.45) is 11.7 Å². The number of rotatable bonds is 3. The first-order chi connectivity index (χ1) is 8.11. The van der Waals surface area contributed by atoms with Crippen LogP contribution in [0.1, 0.15) is 46.0 Å². The maximum Gasteiger partial charge on any atom is 0.0572 e. The molecule has 0 spiro atoms. The van der Waals surface area contributed by atoms with Crippen molar-refractivity contribution in [3.05, 3.63) is 0 Å². The first-order valence-electron chi connectivity index (χ1n) is 7.11. The molecule has 1 aliphatic carbocycles. The first kappa shape index (κ1) is 13.3. The monoisotopic (exact) mass is 240 g/mol. The number of nitrogens with zero attached hydrogens (tertiary/aromatic N) is 1. The Balaban J connectivity index is 2.05. The maximum absolute atomic E-state index is 6.13. The Morgan fingerprint density at radius 3 is 2.35 bits per heavy atom. The highest BCUT2D eigenvalue weighted by molar-refractivity contribution is 5.00. The van der Waals surface area contributed by atoms with Crippen LogP contribution >= 0.6 is 0 Å². The summed E-state index contributed by atoms with van der Waals surface area (Å²) in [7, 11) is 1.83. The summed E-state index contributed by atoms with van der Waals surface area (Å²) in [6, 6.07) is 0.702. The fraction of sp³-hybridized carbons (Fsp3) is 1.00. The van der Waals surface area contributed by atoms with E-state index < -0.39 is 0 Å². The maximum atomic E-state index is 6.13. The molecular weight excluding hydrogens is 212 g/mol. The Bertz CT molecular complexity index is 249. The van der Waals surface area contributed by atoms with Crippen molar-refractivity contribution >= 4 is 0 Å². The highest BCUT2D eigenvalue weighted by atomic mass is 16.5. The van der Waals surface area contributed by atoms with Crippen LogP contribution < -0.4 is 5.73 Å². The van der Waals surface area contributed by atoms with Gasteiger partial charge >= 0.3 is 0 Å². The van der Waals surface area contributed by atoms with Crippen molar-refractivity contribution in [3.63, 3.8) is 0 Å². The van der Waals surface area contributed by atoms with Gasteiger partial charge in [-0.3, -0.25) is 4.90 Å². The predicted octanol–water partition coefficient (Wildman–Crippen LogP) is 2.00. The Labute approximate surface area is 106 Å². The van der Waals surface area contributed by atoms with Crippen LogP contribution in [0.2, 0.25) is 0 Å². The molecule has 2 aliphatic rings. The third-order valence-electron chi connectivity index (χ3n) is 4.97. The SMILES string of the molecule is COC1CCC(CN)(N2CC(C)CC2C)CC1. The number of methoxy groups -OCH3 is 1. The Morgan fingerprint density at radius 2 is 1.94 bits per heavy atom. The van der Waals surface area contributed by atoms with E-state index in [1.807, 2.05) is 7.11 Å². The van der Waals surface area contributed by atoms with Gasteiger partial charge in [0.05, 0.1) is 6.10 Å². The standard InChI is InChI=1S/C14H28N2O/c1-11-8-12(2)16(9-11)14(10-15)6-4-13(17-3)5-7-14/h11-13H,4-10,15H2,1-3H3. The molecule has 1 heterocycles. The van der Waals surface area contributed by atoms with Gasteiger partial charge in [0, 0.05) is 31.8 Å². The lowest BCUT2D eigenvalue weighted by molar-refractivity contribution is -0.0108. The second-order valence-electron chi connectivity index (χ2n) is 6.21. The molecule has 1 aliphatic heterocycles. The van der Waals surface area contributed by atoms with Gasteiger partial charge in [0.25, 0.3) is 0 Å². The summed E-state index contributed by atoms with van der Waals surface area (Å²) in [4.78, 5) is 2.70. The largest absolute Gasteiger partial charge is 0.381 e. The zero-order valence-electron chi connectivity index (χ0n) is 11.6. The summed E-state index contributed by atoms with van der Waals surface area (Å²) in [6.07, 6.45) is 6.55. The van der Waals surface area contributed by atoms with Crippen molar-refractivity contribution in [1.82, 2.24) is 4.90 Å². The Morgan fingerprint density at radius 1 is 1.29 bits per heavy atom. The molecule has 0 radical (unpaired) electrons. The van der Waals surface area contributed by atoms with Crippen LogP contribution in [0.25, 0.3) is 0 Å². The average Bonchev–Trinajstić information content (AvgIpc) is 2.69. The van der Waals surface area contributed by atoms with Crippen LogP contribution in [0.4, 0.5) is 0 Å². The van der Waals surface area contributed by atoms with Crippen LogP contribution in [0.3, 0.4) is 0 Å². The minimum atomic E-state index is 0.263. The van der Waals surface area contributed by atoms with Crippen molar-refractivity contribution in [2.75, 3.05) is 20.2 Å². The van der Waals surface area contributed by atoms with Crippen LogP contribution in [0.15, 0.2) is 0 Å². The van der Waals surface area contributed by atoms with Crippen molar-refractivity contribution in [3.8, 4) is 0 Å². The van der Waals surface area contributed by atoms with E-state index in [-0.39, 0.29) is 5.54 Å². The average molecular weight is 240 g/mol. The van der Waals surface area contributed by atoms with Crippen molar-refractivity contribution in [1.29, 1.82) is 0 Å². The molecule has 2 unspecified atom stereocenters. The first-order valence-corrected chi connectivity index (χ1v) is 7.11. The van der Waals surface area contributed by atoms with E-state index in [4.69, 9.17) is 10.5 Å². The van der Waals surface area contributed by atoms with E-state index in [2.05, 4.69) is 18.7 Å². The highest BCUT2D eigenvalue weighted by Gasteiger charge is 2.44. The predicted molar refractivity (Wildman–Crippen MR) is 71.0 cm³/mol. The van der Waals surface area contributed by atoms with Gasteiger partial charge in [0.1, 0.15) is 0 Å². The fourth-order valence-electron chi connectivity index (χ4n) is 3.93. The van der Waals surface area contributed by atoms with E-state index in [1.165, 1.54) is 38.6 Å². The van der Waals surface area contributed by atoms with Gasteiger partial charge in [0.2, 0.25) is 0 Å². The van der Waals surface area contributed by atoms with E-state index in [9.17, 15) is 0 Å². The molecule has 0 aromatic rings. The minimum absolute atomic E-state index is 0.263. The Hall–Kier alpha value is -0.120. The summed E-state index contributed by atoms with van der Waals surface area (Å²) in [6.45, 7) is 6.77. The topological polar surface area (TPSA) is 38.5 Å². The summed E-state index contributed by atoms with van der Waals surface area (Å²) >= 11 is 0. The molecule has 0 aromatic heterocycles. The highest BCUT2D eigenvalue weighted by Crippen LogP contribution is 2.39. The number of ether oxygens (including phenoxy) is 1. The molecule has 2 rings (SSSR count). The van der Waals surface area contributed by atoms with Crippen LogP contribution in [-0.4, -0.2) is 42.8 Å². The van der Waals surface area contributed by atoms with Gasteiger partial charge < -0.3 is 10.5 Å². The summed E-state index contributed by atoms with van der Waals surface area (Å²) in [5.41, 5.74) is 6.39. The number of hydrogen-bond acceptors (Lipinski definition) is 3. The zero-order valence-corrected chi connectivity index (χ0v) is 11.6. The third kappa shape index (κ3) is 2.51. The molecular formula is C14H28N2O. The van der Waals surface area contributed by atoms with E-state index in [1.54, 1.807) is 0 Å². The quantitative estimate of drug-likeness (QED) is 0.820. The normalized spacial score (nSPS) is 44.1. The zero-order chi connectivity index (χ0) is 12.5. The lowest BCUT2D eigenvalue weighted by Gasteiger charge is -2.47. The number of likely N-dealkylation sites (tertiary alicyclic amines) is 1. The number of hydrogen-bond donors (Lipinski definition) is 1. The number of nitrogens with two attached hydrogens (primary N) is 1. The molecule has 17 heavy (non-hydrogen) atoms. The lowest BCUT2D eigenvalue weighted by Crippen LogP contribution is -2.57. The molecule has 3 heteroatoms. The van der Waals surface area contributed by atoms with Crippen LogP contribution in [0.5, 0.6) is 0 Å². The summed E-state index contributed by atoms with van der Waals surface area (Å²) in [5.74, 6) is 0.827. The molecule has 2 N–H and O–H groups in total. The van der Waals surface area contributed by atoms with Gasteiger partial charge in [-0.1, -0.05) is 6.92 Å². The van der Waals surface area contributed by atoms with E-state index in [0.717, 1.165) is 12.5 Å². The molecule has 100 valence electrons. The molecule has 2 atom stereocenters. The van der Waals surface area contributed by atoms with Crippen molar-refractivity contribution in [2.45, 2.75) is 63.6 Å². The molecule has 0 aromatic carbocycles. The van der Waals surface area contributed by atoms with E-state index in [0.29, 0.717) is 12.1 Å². The Kier molecular flexibility index (Phi) is 4.11. The van der Waals surface area contributed by atoms with Crippen LogP contribution in [-0.2, 0) is 4.74 Å². The summed E-state index contributed by atoms with van der Waals surface area (Å²) in [5, 5.41) is 0. The van der Waals surface area contributed by atoms with Crippen molar-refractivity contribution < 1.29 is 4.74 Å². The van der Waals surface area contributed by atoms with Gasteiger partial charge in [-0.25, -0.2) is 0 Å². The van der Waals surface area contributed by atoms with Gasteiger partial charge in [-0.15, -0.1) is 0 Å². The van der Waals surface area contributed by atoms with Crippen LogP contribution in [0, 0.1) is 5.92 Å². The molecule has 1 saturated carbocycles. The van der Waals surface area contributed by atoms with Gasteiger partial charge in [0.15, 0.2) is 0 Å². The fourth-order valence-corrected chi connectivity index (χ4v) is 3.93. The lowest BCUT2D eigenvalue weighted by atomic mass is 9.78. The van der Waals surface area contributed by atoms with E-state index >= 15 is 0 Å². The smallest absolute Gasteiger partial charge is 0.0572 e. The molecule has 1 saturated heterocycles. The molecule has 0 bridgehead atoms. The molecule has 3 nitrogen and oxygen atoms in total. The van der Waals surface area contributed by atoms with Gasteiger partial charge in [-0.2, -0.15) is 0 Å². The third-order valence-corrected chi connectivity index (χ3v) is 4.97. The minimum Gasteiger partial charge on any atom is -0.381 e. The molecule has 2 fully saturated rings. The second-order valence-corrected chi connectivity index (χ2v) is 6.21. The summed E-state index contributed by atoms with van der Waals surface area (Å²) < 4.78 is 5.48.